The summed E-state index contributed by atoms with van der Waals surface area (Å²) in [5, 5.41) is 0. The van der Waals surface area contributed by atoms with Crippen LogP contribution in [0.15, 0.2) is 0 Å². The topological polar surface area (TPSA) is 47.1 Å². The van der Waals surface area contributed by atoms with Gasteiger partial charge in [0.15, 0.2) is 0 Å². The second kappa shape index (κ2) is 8.65. The first-order valence-corrected chi connectivity index (χ1v) is 6.22. The maximum absolute atomic E-state index is 10.8. The van der Waals surface area contributed by atoms with Crippen LogP contribution in [0.5, 0.6) is 0 Å². The molecule has 3 nitrogen and oxygen atoms in total. The van der Waals surface area contributed by atoms with Gasteiger partial charge in [0.25, 0.3) is 0 Å². The van der Waals surface area contributed by atoms with Gasteiger partial charge in [-0.05, 0) is 6.42 Å². The minimum absolute atomic E-state index is 0. The van der Waals surface area contributed by atoms with Crippen LogP contribution in [0.3, 0.4) is 0 Å². The minimum atomic E-state index is 0. The molecule has 1 rings (SSSR count). The van der Waals surface area contributed by atoms with Crippen molar-refractivity contribution in [1.29, 1.82) is 0 Å². The molecule has 1 aliphatic rings. The van der Waals surface area contributed by atoms with Crippen molar-refractivity contribution in [2.75, 3.05) is 27.2 Å². The molecule has 3 unspecified atom stereocenters. The summed E-state index contributed by atoms with van der Waals surface area (Å²) in [5.41, 5.74) is 0. The van der Waals surface area contributed by atoms with Crippen LogP contribution in [0.4, 0.5) is 0 Å². The average molecular weight is 251 g/mol. The molecular formula is C13H26NNaO2. The number of hydrogen-bond acceptors (Lipinski definition) is 2. The van der Waals surface area contributed by atoms with Gasteiger partial charge < -0.3 is 14.8 Å². The van der Waals surface area contributed by atoms with Gasteiger partial charge in [0.05, 0.1) is 27.2 Å². The molecular weight excluding hydrogens is 225 g/mol. The van der Waals surface area contributed by atoms with E-state index in [0.29, 0.717) is 0 Å². The molecule has 4 heteroatoms. The summed E-state index contributed by atoms with van der Waals surface area (Å²) >= 11 is 0. The summed E-state index contributed by atoms with van der Waals surface area (Å²) < 4.78 is 1.12. The van der Waals surface area contributed by atoms with Crippen LogP contribution in [0.1, 0.15) is 33.1 Å². The van der Waals surface area contributed by atoms with Gasteiger partial charge in [0.1, 0.15) is 0 Å². The zero-order valence-corrected chi connectivity index (χ0v) is 14.1. The summed E-state index contributed by atoms with van der Waals surface area (Å²) in [6, 6.07) is 0. The quantitative estimate of drug-likeness (QED) is 0.360. The molecule has 0 aromatic carbocycles. The van der Waals surface area contributed by atoms with Crippen LogP contribution in [0.25, 0.3) is 0 Å². The van der Waals surface area contributed by atoms with Crippen molar-refractivity contribution in [1.82, 2.24) is 0 Å². The van der Waals surface area contributed by atoms with Gasteiger partial charge in [-0.15, -0.1) is 5.92 Å². The number of carbonyl (C=O) groups excluding carboxylic acids is 1. The summed E-state index contributed by atoms with van der Waals surface area (Å²) in [4.78, 5) is 10.8. The van der Waals surface area contributed by atoms with Crippen LogP contribution in [0.2, 0.25) is 0 Å². The Bertz CT molecular complexity index is 221. The zero-order valence-electron chi connectivity index (χ0n) is 12.1. The number of quaternary nitrogens is 1. The summed E-state index contributed by atoms with van der Waals surface area (Å²) in [7, 11) is 4.60. The molecule has 96 valence electrons. The molecule has 0 bridgehead atoms. The van der Waals surface area contributed by atoms with Gasteiger partial charge >= 0.3 is 29.6 Å². The third kappa shape index (κ3) is 5.84. The van der Waals surface area contributed by atoms with E-state index in [0.717, 1.165) is 29.2 Å². The van der Waals surface area contributed by atoms with Crippen LogP contribution in [-0.4, -0.2) is 43.4 Å². The van der Waals surface area contributed by atoms with Crippen LogP contribution < -0.4 is 29.6 Å². The van der Waals surface area contributed by atoms with Crippen molar-refractivity contribution in [2.45, 2.75) is 33.1 Å². The molecule has 0 aromatic heterocycles. The predicted molar refractivity (Wildman–Crippen MR) is 65.1 cm³/mol. The van der Waals surface area contributed by atoms with E-state index < -0.39 is 0 Å². The molecule has 1 heterocycles. The zero-order chi connectivity index (χ0) is 11.5. The van der Waals surface area contributed by atoms with Crippen molar-refractivity contribution in [3.05, 3.63) is 0 Å². The molecule has 0 spiro atoms. The van der Waals surface area contributed by atoms with E-state index in [9.17, 15) is 4.79 Å². The molecule has 0 aliphatic carbocycles. The molecule has 17 heavy (non-hydrogen) atoms. The number of hydrogen-bond donors (Lipinski definition) is 0. The van der Waals surface area contributed by atoms with Gasteiger partial charge in [0.2, 0.25) is 0 Å². The largest absolute Gasteiger partial charge is 1.00 e. The van der Waals surface area contributed by atoms with Crippen molar-refractivity contribution >= 4 is 6.29 Å². The van der Waals surface area contributed by atoms with Crippen molar-refractivity contribution < 1.29 is 44.3 Å². The van der Waals surface area contributed by atoms with Gasteiger partial charge in [0, 0.05) is 11.8 Å². The molecule has 0 radical (unpaired) electrons. The second-order valence-electron chi connectivity index (χ2n) is 5.69. The van der Waals surface area contributed by atoms with E-state index in [2.05, 4.69) is 34.2 Å². The summed E-state index contributed by atoms with van der Waals surface area (Å²) in [6.07, 6.45) is 5.45. The van der Waals surface area contributed by atoms with E-state index in [1.165, 1.54) is 19.5 Å². The van der Waals surface area contributed by atoms with Crippen LogP contribution in [0, 0.1) is 17.8 Å². The Morgan fingerprint density at radius 3 is 2.18 bits per heavy atom. The Morgan fingerprint density at radius 2 is 1.76 bits per heavy atom. The molecule has 3 atom stereocenters. The Labute approximate surface area is 128 Å². The third-order valence-electron chi connectivity index (χ3n) is 3.90. The fourth-order valence-electron chi connectivity index (χ4n) is 3.04. The fraction of sp³-hybridized carbons (Fsp3) is 0.923. The maximum Gasteiger partial charge on any atom is 1.00 e. The Morgan fingerprint density at radius 1 is 1.24 bits per heavy atom. The molecule has 0 amide bonds. The van der Waals surface area contributed by atoms with Gasteiger partial charge in [-0.2, -0.15) is 0 Å². The standard InChI is InChI=1S/C13H25NO.Na.H2O/c1-5-11(10-15)7-13-9-14(3,4)8-12(13)6-2;;/h11-13H,5-9H2,1-4H3;;1H2/q;+1;/p-1. The second-order valence-corrected chi connectivity index (χ2v) is 5.69. The minimum Gasteiger partial charge on any atom is -0.870 e. The molecule has 1 aliphatic heterocycles. The smallest absolute Gasteiger partial charge is 0.870 e. The van der Waals surface area contributed by atoms with Crippen LogP contribution >= 0.6 is 0 Å². The van der Waals surface area contributed by atoms with E-state index in [4.69, 9.17) is 0 Å². The van der Waals surface area contributed by atoms with Gasteiger partial charge in [-0.1, -0.05) is 26.7 Å². The van der Waals surface area contributed by atoms with Crippen molar-refractivity contribution in [3.63, 3.8) is 0 Å². The Balaban J connectivity index is 0. The third-order valence-corrected chi connectivity index (χ3v) is 3.90. The number of rotatable bonds is 5. The first kappa shape index (κ1) is 19.9. The Hall–Kier alpha value is 0.590. The van der Waals surface area contributed by atoms with Crippen molar-refractivity contribution in [2.24, 2.45) is 17.8 Å². The van der Waals surface area contributed by atoms with E-state index >= 15 is 0 Å². The SMILES string of the molecule is CCC([C-]=O)CC1C[N+](C)(C)CC1CC.[Na+].[OH-]. The molecule has 0 aromatic rings. The summed E-state index contributed by atoms with van der Waals surface area (Å²) in [6.45, 7) is 6.87. The number of nitrogens with zero attached hydrogens (tertiary/aromatic N) is 1. The van der Waals surface area contributed by atoms with Gasteiger partial charge in [-0.3, -0.25) is 6.29 Å². The number of likely N-dealkylation sites (tertiary alicyclic amines) is 1. The monoisotopic (exact) mass is 251 g/mol. The molecule has 0 saturated carbocycles. The van der Waals surface area contributed by atoms with E-state index in [1.807, 2.05) is 0 Å². The van der Waals surface area contributed by atoms with E-state index in [-0.39, 0.29) is 41.0 Å². The summed E-state index contributed by atoms with van der Waals surface area (Å²) in [5.74, 6) is 1.71. The van der Waals surface area contributed by atoms with Gasteiger partial charge in [-0.25, -0.2) is 0 Å². The Kier molecular flexibility index (Phi) is 10.1. The predicted octanol–water partition coefficient (Wildman–Crippen LogP) is -0.928. The van der Waals surface area contributed by atoms with Crippen molar-refractivity contribution in [3.8, 4) is 0 Å². The average Bonchev–Trinajstić information content (AvgIpc) is 2.49. The first-order valence-electron chi connectivity index (χ1n) is 6.22. The van der Waals surface area contributed by atoms with E-state index in [1.54, 1.807) is 0 Å². The molecule has 1 saturated heterocycles. The fourth-order valence-corrected chi connectivity index (χ4v) is 3.04. The van der Waals surface area contributed by atoms with Crippen LogP contribution in [-0.2, 0) is 4.79 Å². The molecule has 1 N–H and O–H groups in total. The normalized spacial score (nSPS) is 27.8. The molecule has 1 fully saturated rings. The maximum atomic E-state index is 10.8. The first-order chi connectivity index (χ1) is 7.02.